The molecule has 4 nitrogen and oxygen atoms in total. The quantitative estimate of drug-likeness (QED) is 0.437. The maximum atomic E-state index is 10.7. The molecule has 0 unspecified atom stereocenters. The maximum Gasteiger partial charge on any atom is 0.233 e. The molecule has 0 aromatic heterocycles. The highest BCUT2D eigenvalue weighted by molar-refractivity contribution is 5.78. The van der Waals surface area contributed by atoms with Gasteiger partial charge < -0.3 is 16.4 Å². The third kappa shape index (κ3) is 1.97. The molecule has 0 aliphatic carbocycles. The molecule has 0 radical (unpaired) electrons. The van der Waals surface area contributed by atoms with Crippen LogP contribution < -0.4 is 16.4 Å². The minimum atomic E-state index is -0.0614. The fraction of sp³-hybridized carbons (Fsp3) is 0.833. The first-order chi connectivity index (χ1) is 4.83. The van der Waals surface area contributed by atoms with Gasteiger partial charge in [0.15, 0.2) is 0 Å². The Labute approximate surface area is 60.2 Å². The highest BCUT2D eigenvalue weighted by atomic mass is 16.1. The SMILES string of the molecule is NCC(=O)N[C@@H]1CCNC1. The van der Waals surface area contributed by atoms with Gasteiger partial charge in [-0.3, -0.25) is 4.79 Å². The van der Waals surface area contributed by atoms with E-state index in [0.29, 0.717) is 6.04 Å². The molecule has 4 heteroatoms. The van der Waals surface area contributed by atoms with E-state index in [0.717, 1.165) is 19.5 Å². The van der Waals surface area contributed by atoms with E-state index in [-0.39, 0.29) is 12.5 Å². The molecule has 1 fully saturated rings. The lowest BCUT2D eigenvalue weighted by atomic mass is 10.2. The van der Waals surface area contributed by atoms with Crippen molar-refractivity contribution in [1.29, 1.82) is 0 Å². The molecule has 1 aliphatic rings. The highest BCUT2D eigenvalue weighted by Gasteiger charge is 2.14. The fourth-order valence-corrected chi connectivity index (χ4v) is 1.06. The van der Waals surface area contributed by atoms with E-state index >= 15 is 0 Å². The van der Waals surface area contributed by atoms with Crippen LogP contribution in [-0.2, 0) is 4.79 Å². The smallest absolute Gasteiger partial charge is 0.233 e. The topological polar surface area (TPSA) is 67.2 Å². The molecule has 58 valence electrons. The Morgan fingerprint density at radius 3 is 3.10 bits per heavy atom. The minimum Gasteiger partial charge on any atom is -0.351 e. The Balaban J connectivity index is 2.17. The number of amides is 1. The number of nitrogens with one attached hydrogen (secondary N) is 2. The summed E-state index contributed by atoms with van der Waals surface area (Å²) in [7, 11) is 0. The van der Waals surface area contributed by atoms with Crippen LogP contribution in [0, 0.1) is 0 Å². The average molecular weight is 143 g/mol. The Morgan fingerprint density at radius 2 is 2.60 bits per heavy atom. The molecule has 1 saturated heterocycles. The second kappa shape index (κ2) is 3.53. The van der Waals surface area contributed by atoms with Crippen molar-refractivity contribution < 1.29 is 4.79 Å². The van der Waals surface area contributed by atoms with E-state index in [2.05, 4.69) is 10.6 Å². The lowest BCUT2D eigenvalue weighted by molar-refractivity contribution is -0.120. The van der Waals surface area contributed by atoms with Gasteiger partial charge in [-0.1, -0.05) is 0 Å². The van der Waals surface area contributed by atoms with Gasteiger partial charge in [-0.15, -0.1) is 0 Å². The standard InChI is InChI=1S/C6H13N3O/c7-3-6(10)9-5-1-2-8-4-5/h5,8H,1-4,7H2,(H,9,10)/t5-/m1/s1. The van der Waals surface area contributed by atoms with E-state index in [9.17, 15) is 4.79 Å². The van der Waals surface area contributed by atoms with Crippen molar-refractivity contribution in [3.8, 4) is 0 Å². The van der Waals surface area contributed by atoms with Crippen LogP contribution in [0.1, 0.15) is 6.42 Å². The van der Waals surface area contributed by atoms with Crippen LogP contribution in [0.2, 0.25) is 0 Å². The minimum absolute atomic E-state index is 0.0614. The molecule has 1 heterocycles. The summed E-state index contributed by atoms with van der Waals surface area (Å²) >= 11 is 0. The first-order valence-corrected chi connectivity index (χ1v) is 3.53. The number of carbonyl (C=O) groups is 1. The molecular weight excluding hydrogens is 130 g/mol. The summed E-state index contributed by atoms with van der Waals surface area (Å²) in [4.78, 5) is 10.7. The van der Waals surface area contributed by atoms with Crippen LogP contribution in [0.25, 0.3) is 0 Å². The second-order valence-electron chi connectivity index (χ2n) is 2.46. The van der Waals surface area contributed by atoms with Gasteiger partial charge in [0.2, 0.25) is 5.91 Å². The van der Waals surface area contributed by atoms with Gasteiger partial charge in [0, 0.05) is 12.6 Å². The number of nitrogens with two attached hydrogens (primary N) is 1. The number of carbonyl (C=O) groups excluding carboxylic acids is 1. The van der Waals surface area contributed by atoms with Gasteiger partial charge in [0.05, 0.1) is 6.54 Å². The maximum absolute atomic E-state index is 10.7. The number of rotatable bonds is 2. The van der Waals surface area contributed by atoms with Crippen molar-refractivity contribution >= 4 is 5.91 Å². The third-order valence-electron chi connectivity index (χ3n) is 1.61. The molecule has 0 bridgehead atoms. The fourth-order valence-electron chi connectivity index (χ4n) is 1.06. The summed E-state index contributed by atoms with van der Waals surface area (Å²) in [5, 5.41) is 5.95. The Kier molecular flexibility index (Phi) is 2.65. The summed E-state index contributed by atoms with van der Waals surface area (Å²) in [6.45, 7) is 1.97. The van der Waals surface area contributed by atoms with Gasteiger partial charge in [-0.2, -0.15) is 0 Å². The normalized spacial score (nSPS) is 24.7. The Bertz CT molecular complexity index is 120. The van der Waals surface area contributed by atoms with Crippen molar-refractivity contribution in [2.45, 2.75) is 12.5 Å². The molecule has 1 atom stereocenters. The molecule has 10 heavy (non-hydrogen) atoms. The summed E-state index contributed by atoms with van der Waals surface area (Å²) in [5.41, 5.74) is 5.12. The molecule has 4 N–H and O–H groups in total. The predicted octanol–water partition coefficient (Wildman–Crippen LogP) is -1.58. The van der Waals surface area contributed by atoms with Gasteiger partial charge in [-0.25, -0.2) is 0 Å². The Hall–Kier alpha value is -0.610. The van der Waals surface area contributed by atoms with Crippen LogP contribution in [0.15, 0.2) is 0 Å². The average Bonchev–Trinajstić information content (AvgIpc) is 2.40. The summed E-state index contributed by atoms with van der Waals surface area (Å²) < 4.78 is 0. The van der Waals surface area contributed by atoms with Gasteiger partial charge >= 0.3 is 0 Å². The molecule has 1 rings (SSSR count). The van der Waals surface area contributed by atoms with E-state index < -0.39 is 0 Å². The lowest BCUT2D eigenvalue weighted by Crippen LogP contribution is -2.39. The predicted molar refractivity (Wildman–Crippen MR) is 38.5 cm³/mol. The van der Waals surface area contributed by atoms with Crippen LogP contribution >= 0.6 is 0 Å². The first-order valence-electron chi connectivity index (χ1n) is 3.53. The molecule has 1 aliphatic heterocycles. The molecule has 1 amide bonds. The van der Waals surface area contributed by atoms with E-state index in [1.807, 2.05) is 0 Å². The zero-order chi connectivity index (χ0) is 7.40. The number of hydrogen-bond donors (Lipinski definition) is 3. The molecule has 0 aromatic carbocycles. The van der Waals surface area contributed by atoms with Gasteiger partial charge in [0.25, 0.3) is 0 Å². The largest absolute Gasteiger partial charge is 0.351 e. The highest BCUT2D eigenvalue weighted by Crippen LogP contribution is 1.95. The molecule has 0 saturated carbocycles. The van der Waals surface area contributed by atoms with Crippen molar-refractivity contribution in [2.24, 2.45) is 5.73 Å². The summed E-state index contributed by atoms with van der Waals surface area (Å²) in [6, 6.07) is 0.302. The molecule has 0 aromatic rings. The van der Waals surface area contributed by atoms with E-state index in [1.54, 1.807) is 0 Å². The second-order valence-corrected chi connectivity index (χ2v) is 2.46. The monoisotopic (exact) mass is 143 g/mol. The number of hydrogen-bond acceptors (Lipinski definition) is 3. The van der Waals surface area contributed by atoms with Crippen LogP contribution in [0.3, 0.4) is 0 Å². The summed E-state index contributed by atoms with van der Waals surface area (Å²) in [5.74, 6) is -0.0614. The van der Waals surface area contributed by atoms with Gasteiger partial charge in [-0.05, 0) is 13.0 Å². The lowest BCUT2D eigenvalue weighted by Gasteiger charge is -2.08. The van der Waals surface area contributed by atoms with E-state index in [4.69, 9.17) is 5.73 Å². The van der Waals surface area contributed by atoms with E-state index in [1.165, 1.54) is 0 Å². The van der Waals surface area contributed by atoms with Crippen LogP contribution in [0.4, 0.5) is 0 Å². The Morgan fingerprint density at radius 1 is 1.80 bits per heavy atom. The van der Waals surface area contributed by atoms with Crippen LogP contribution in [0.5, 0.6) is 0 Å². The zero-order valence-corrected chi connectivity index (χ0v) is 5.89. The van der Waals surface area contributed by atoms with Crippen molar-refractivity contribution in [2.75, 3.05) is 19.6 Å². The van der Waals surface area contributed by atoms with Crippen molar-refractivity contribution in [3.63, 3.8) is 0 Å². The summed E-state index contributed by atoms with van der Waals surface area (Å²) in [6.07, 6.45) is 1.02. The third-order valence-corrected chi connectivity index (χ3v) is 1.61. The van der Waals surface area contributed by atoms with Crippen LogP contribution in [-0.4, -0.2) is 31.6 Å². The molecular formula is C6H13N3O. The van der Waals surface area contributed by atoms with Crippen molar-refractivity contribution in [1.82, 2.24) is 10.6 Å². The van der Waals surface area contributed by atoms with Crippen molar-refractivity contribution in [3.05, 3.63) is 0 Å². The van der Waals surface area contributed by atoms with Gasteiger partial charge in [0.1, 0.15) is 0 Å². The zero-order valence-electron chi connectivity index (χ0n) is 5.89. The first kappa shape index (κ1) is 7.50. The molecule has 0 spiro atoms.